The van der Waals surface area contributed by atoms with Crippen LogP contribution in [0.15, 0.2) is 59.6 Å². The molecule has 2 N–H and O–H groups in total. The second kappa shape index (κ2) is 14.2. The lowest BCUT2D eigenvalue weighted by Gasteiger charge is -2.39. The Morgan fingerprint density at radius 1 is 1.18 bits per heavy atom. The highest BCUT2D eigenvalue weighted by Crippen LogP contribution is 2.35. The van der Waals surface area contributed by atoms with Crippen molar-refractivity contribution >= 4 is 40.2 Å². The van der Waals surface area contributed by atoms with Gasteiger partial charge in [0.15, 0.2) is 0 Å². The molecule has 1 aliphatic heterocycles. The molecule has 0 radical (unpaired) electrons. The molecule has 1 fully saturated rings. The van der Waals surface area contributed by atoms with Crippen LogP contribution in [0.25, 0.3) is 10.9 Å². The van der Waals surface area contributed by atoms with E-state index >= 15 is 0 Å². The smallest absolute Gasteiger partial charge is 0.303 e. The summed E-state index contributed by atoms with van der Waals surface area (Å²) in [6.45, 7) is 2.96. The molecule has 38 heavy (non-hydrogen) atoms. The molecule has 0 saturated carbocycles. The Morgan fingerprint density at radius 2 is 2.00 bits per heavy atom. The second-order valence-electron chi connectivity index (χ2n) is 10.1. The second-order valence-corrected chi connectivity index (χ2v) is 11.7. The number of aliphatic carboxylic acids is 1. The number of fused-ring (bicyclic) bond motifs is 1. The van der Waals surface area contributed by atoms with Gasteiger partial charge in [-0.15, -0.1) is 11.8 Å². The van der Waals surface area contributed by atoms with Gasteiger partial charge in [-0.25, -0.2) is 0 Å². The quantitative estimate of drug-likeness (QED) is 0.179. The molecule has 8 heteroatoms. The Balaban J connectivity index is 1.31. The predicted molar refractivity (Wildman–Crippen MR) is 154 cm³/mol. The maximum absolute atomic E-state index is 11.3. The van der Waals surface area contributed by atoms with E-state index in [-0.39, 0.29) is 6.42 Å². The minimum Gasteiger partial charge on any atom is -0.497 e. The van der Waals surface area contributed by atoms with Crippen molar-refractivity contribution in [3.05, 3.63) is 65.3 Å². The third-order valence-electron chi connectivity index (χ3n) is 7.56. The highest BCUT2D eigenvalue weighted by atomic mass is 35.5. The molecule has 2 heterocycles. The maximum Gasteiger partial charge on any atom is 0.303 e. The molecule has 3 atom stereocenters. The van der Waals surface area contributed by atoms with Crippen molar-refractivity contribution in [3.63, 3.8) is 0 Å². The average molecular weight is 557 g/mol. The third-order valence-corrected chi connectivity index (χ3v) is 8.91. The number of carboxylic acids is 1. The monoisotopic (exact) mass is 556 g/mol. The van der Waals surface area contributed by atoms with Gasteiger partial charge in [0, 0.05) is 34.5 Å². The van der Waals surface area contributed by atoms with Crippen LogP contribution < -0.4 is 4.74 Å². The number of benzene rings is 2. The van der Waals surface area contributed by atoms with E-state index in [4.69, 9.17) is 16.3 Å². The van der Waals surface area contributed by atoms with Gasteiger partial charge >= 0.3 is 5.97 Å². The summed E-state index contributed by atoms with van der Waals surface area (Å²) in [5.74, 6) is 1.78. The highest BCUT2D eigenvalue weighted by molar-refractivity contribution is 7.99. The first-order valence-corrected chi connectivity index (χ1v) is 14.7. The van der Waals surface area contributed by atoms with Crippen LogP contribution in [0.1, 0.15) is 50.2 Å². The molecule has 4 rings (SSSR count). The fourth-order valence-corrected chi connectivity index (χ4v) is 6.44. The molecular weight excluding hydrogens is 520 g/mol. The van der Waals surface area contributed by atoms with E-state index in [0.717, 1.165) is 71.9 Å². The molecule has 0 unspecified atom stereocenters. The number of piperidine rings is 1. The molecule has 204 valence electrons. The van der Waals surface area contributed by atoms with E-state index in [9.17, 15) is 15.0 Å². The summed E-state index contributed by atoms with van der Waals surface area (Å²) in [6.07, 6.45) is 5.65. The number of thioether (sulfide) groups is 1. The predicted octanol–water partition coefficient (Wildman–Crippen LogP) is 6.70. The van der Waals surface area contributed by atoms with E-state index in [1.807, 2.05) is 48.2 Å². The van der Waals surface area contributed by atoms with Crippen LogP contribution in [0.4, 0.5) is 0 Å². The van der Waals surface area contributed by atoms with Crippen molar-refractivity contribution in [3.8, 4) is 5.75 Å². The normalized spacial score (nSPS) is 18.9. The standard InChI is InChI=1S/C30H37ClN2O4S/c1-37-24-7-10-28-27(19-24)26(13-15-32-28)29(34)11-3-21-14-17-33(20-22(21)4-12-30(35)36)16-2-18-38-25-8-5-23(31)6-9-25/h5-10,13,15,19,21-22,29,34H,2-4,11-12,14,16-18,20H2,1H3,(H,35,36)/t21-,22-,29-/m1/s1. The Labute approximate surface area is 234 Å². The van der Waals surface area contributed by atoms with Gasteiger partial charge in [-0.05, 0) is 117 Å². The average Bonchev–Trinajstić information content (AvgIpc) is 2.93. The highest BCUT2D eigenvalue weighted by Gasteiger charge is 2.30. The van der Waals surface area contributed by atoms with Crippen LogP contribution >= 0.6 is 23.4 Å². The number of carbonyl (C=O) groups is 1. The van der Waals surface area contributed by atoms with Crippen molar-refractivity contribution < 1.29 is 19.7 Å². The minimum atomic E-state index is -0.738. The molecular formula is C30H37ClN2O4S. The van der Waals surface area contributed by atoms with Gasteiger partial charge in [0.25, 0.3) is 0 Å². The Kier molecular flexibility index (Phi) is 10.7. The van der Waals surface area contributed by atoms with Crippen molar-refractivity contribution in [2.45, 2.75) is 49.5 Å². The number of carboxylic acid groups (broad SMARTS) is 1. The van der Waals surface area contributed by atoms with Crippen LogP contribution in [0.3, 0.4) is 0 Å². The Bertz CT molecular complexity index is 1190. The van der Waals surface area contributed by atoms with Crippen molar-refractivity contribution in [2.75, 3.05) is 32.5 Å². The van der Waals surface area contributed by atoms with Crippen LogP contribution in [0.5, 0.6) is 5.75 Å². The van der Waals surface area contributed by atoms with Crippen LogP contribution in [0, 0.1) is 11.8 Å². The molecule has 3 aromatic rings. The number of likely N-dealkylation sites (tertiary alicyclic amines) is 1. The Morgan fingerprint density at radius 3 is 2.76 bits per heavy atom. The van der Waals surface area contributed by atoms with Crippen LogP contribution in [0.2, 0.25) is 5.02 Å². The topological polar surface area (TPSA) is 82.9 Å². The zero-order chi connectivity index (χ0) is 26.9. The Hall–Kier alpha value is -2.32. The number of rotatable bonds is 13. The van der Waals surface area contributed by atoms with Crippen molar-refractivity contribution in [1.82, 2.24) is 9.88 Å². The number of aliphatic hydroxyl groups is 1. The summed E-state index contributed by atoms with van der Waals surface area (Å²) in [7, 11) is 1.63. The largest absolute Gasteiger partial charge is 0.497 e. The van der Waals surface area contributed by atoms with Gasteiger partial charge in [0.05, 0.1) is 18.7 Å². The van der Waals surface area contributed by atoms with Crippen LogP contribution in [-0.4, -0.2) is 58.6 Å². The van der Waals surface area contributed by atoms with Gasteiger partial charge in [-0.1, -0.05) is 11.6 Å². The van der Waals surface area contributed by atoms with E-state index < -0.39 is 12.1 Å². The number of aromatic nitrogens is 1. The summed E-state index contributed by atoms with van der Waals surface area (Å²) >= 11 is 7.82. The zero-order valence-corrected chi connectivity index (χ0v) is 23.5. The molecule has 2 aromatic carbocycles. The van der Waals surface area contributed by atoms with Crippen LogP contribution in [-0.2, 0) is 4.79 Å². The summed E-state index contributed by atoms with van der Waals surface area (Å²) in [6, 6.07) is 15.6. The lowest BCUT2D eigenvalue weighted by molar-refractivity contribution is -0.137. The molecule has 0 aliphatic carbocycles. The molecule has 0 bridgehead atoms. The fraction of sp³-hybridized carbons (Fsp3) is 0.467. The first kappa shape index (κ1) is 28.7. The molecule has 1 saturated heterocycles. The number of nitrogens with zero attached hydrogens (tertiary/aromatic N) is 2. The number of methoxy groups -OCH3 is 1. The first-order chi connectivity index (χ1) is 18.4. The molecule has 0 amide bonds. The number of hydrogen-bond acceptors (Lipinski definition) is 6. The third kappa shape index (κ3) is 8.09. The van der Waals surface area contributed by atoms with Gasteiger partial charge in [0.2, 0.25) is 0 Å². The van der Waals surface area contributed by atoms with E-state index in [0.29, 0.717) is 24.7 Å². The van der Waals surface area contributed by atoms with E-state index in [1.54, 1.807) is 13.3 Å². The fourth-order valence-electron chi connectivity index (χ4n) is 5.48. The number of aliphatic hydroxyl groups excluding tert-OH is 1. The summed E-state index contributed by atoms with van der Waals surface area (Å²) in [4.78, 5) is 19.5. The molecule has 6 nitrogen and oxygen atoms in total. The van der Waals surface area contributed by atoms with E-state index in [1.165, 1.54) is 4.90 Å². The lowest BCUT2D eigenvalue weighted by Crippen LogP contribution is -2.41. The van der Waals surface area contributed by atoms with Gasteiger partial charge in [-0.3, -0.25) is 9.78 Å². The number of halogens is 1. The summed E-state index contributed by atoms with van der Waals surface area (Å²) < 4.78 is 5.38. The number of ether oxygens (including phenoxy) is 1. The molecule has 1 aliphatic rings. The zero-order valence-electron chi connectivity index (χ0n) is 21.9. The van der Waals surface area contributed by atoms with Gasteiger partial charge in [-0.2, -0.15) is 0 Å². The van der Waals surface area contributed by atoms with Crippen molar-refractivity contribution in [1.29, 1.82) is 0 Å². The van der Waals surface area contributed by atoms with Crippen molar-refractivity contribution in [2.24, 2.45) is 11.8 Å². The number of hydrogen-bond donors (Lipinski definition) is 2. The molecule has 1 aromatic heterocycles. The van der Waals surface area contributed by atoms with E-state index in [2.05, 4.69) is 22.0 Å². The van der Waals surface area contributed by atoms with Gasteiger partial charge in [0.1, 0.15) is 5.75 Å². The summed E-state index contributed by atoms with van der Waals surface area (Å²) in [5, 5.41) is 22.1. The summed E-state index contributed by atoms with van der Waals surface area (Å²) in [5.41, 5.74) is 1.70. The lowest BCUT2D eigenvalue weighted by atomic mass is 9.79. The minimum absolute atomic E-state index is 0.193. The SMILES string of the molecule is COc1ccc2nccc([C@H](O)CC[C@@H]3CCN(CCCSc4ccc(Cl)cc4)C[C@H]3CCC(=O)O)c2c1. The number of pyridine rings is 1. The maximum atomic E-state index is 11.3. The van der Waals surface area contributed by atoms with Gasteiger partial charge < -0.3 is 19.8 Å². The first-order valence-electron chi connectivity index (χ1n) is 13.4. The molecule has 0 spiro atoms.